The lowest BCUT2D eigenvalue weighted by atomic mass is 9.72. The molecule has 4 rings (SSSR count). The van der Waals surface area contributed by atoms with Gasteiger partial charge < -0.3 is 5.32 Å². The van der Waals surface area contributed by atoms with Crippen LogP contribution in [0.5, 0.6) is 0 Å². The number of carbonyl (C=O) groups excluding carboxylic acids is 3. The zero-order chi connectivity index (χ0) is 24.1. The number of fused-ring (bicyclic) bond motifs is 1. The van der Waals surface area contributed by atoms with Crippen LogP contribution in [0.15, 0.2) is 64.2 Å². The van der Waals surface area contributed by atoms with Crippen molar-refractivity contribution in [3.05, 3.63) is 70.2 Å². The standard InChI is InChI=1S/C25H28BrN5O3/c1-15(17-10-7-11-18(26)14-17)28-31-25(34)22(27-23(32)16-8-3-2-4-9-16)21-19-12-5-6-13-20(19)24(33)30-29-21/h2-4,7-11,14,19-22,29H,5-6,12-13H2,1H3,(H,27,32)(H,30,33)(H,31,34)/b28-15+. The van der Waals surface area contributed by atoms with Crippen LogP contribution in [0.25, 0.3) is 0 Å². The molecule has 1 aliphatic carbocycles. The molecule has 0 aromatic heterocycles. The van der Waals surface area contributed by atoms with Gasteiger partial charge in [-0.2, -0.15) is 5.10 Å². The number of hydrazine groups is 1. The van der Waals surface area contributed by atoms with E-state index in [1.54, 1.807) is 31.2 Å². The average Bonchev–Trinajstić information content (AvgIpc) is 2.87. The molecule has 4 N–H and O–H groups in total. The summed E-state index contributed by atoms with van der Waals surface area (Å²) in [6, 6.07) is 15.0. The molecule has 178 valence electrons. The molecule has 34 heavy (non-hydrogen) atoms. The molecule has 4 unspecified atom stereocenters. The van der Waals surface area contributed by atoms with E-state index in [4.69, 9.17) is 0 Å². The first kappa shape index (κ1) is 24.1. The summed E-state index contributed by atoms with van der Waals surface area (Å²) >= 11 is 3.44. The zero-order valence-corrected chi connectivity index (χ0v) is 20.5. The summed E-state index contributed by atoms with van der Waals surface area (Å²) < 4.78 is 0.907. The molecule has 4 atom stereocenters. The molecule has 1 saturated heterocycles. The number of carbonyl (C=O) groups is 3. The lowest BCUT2D eigenvalue weighted by molar-refractivity contribution is -0.136. The molecule has 1 heterocycles. The third-order valence-electron chi connectivity index (χ3n) is 6.52. The highest BCUT2D eigenvalue weighted by Gasteiger charge is 2.45. The van der Waals surface area contributed by atoms with Crippen molar-refractivity contribution in [2.45, 2.75) is 44.7 Å². The highest BCUT2D eigenvalue weighted by atomic mass is 79.9. The fourth-order valence-corrected chi connectivity index (χ4v) is 5.12. The third kappa shape index (κ3) is 5.53. The van der Waals surface area contributed by atoms with Gasteiger partial charge in [0.05, 0.1) is 11.8 Å². The second-order valence-corrected chi connectivity index (χ2v) is 9.63. The Morgan fingerprint density at radius 1 is 1.06 bits per heavy atom. The van der Waals surface area contributed by atoms with Crippen molar-refractivity contribution in [2.75, 3.05) is 0 Å². The quantitative estimate of drug-likeness (QED) is 0.343. The lowest BCUT2D eigenvalue weighted by Crippen LogP contribution is -2.68. The molecule has 2 aromatic rings. The van der Waals surface area contributed by atoms with Gasteiger partial charge in [0.25, 0.3) is 11.8 Å². The number of halogens is 1. The highest BCUT2D eigenvalue weighted by Crippen LogP contribution is 2.35. The van der Waals surface area contributed by atoms with E-state index in [-0.39, 0.29) is 23.7 Å². The first-order chi connectivity index (χ1) is 16.4. The van der Waals surface area contributed by atoms with Gasteiger partial charge in [-0.3, -0.25) is 19.8 Å². The van der Waals surface area contributed by atoms with Crippen molar-refractivity contribution in [1.29, 1.82) is 0 Å². The van der Waals surface area contributed by atoms with Crippen molar-refractivity contribution >= 4 is 39.4 Å². The van der Waals surface area contributed by atoms with Gasteiger partial charge in [0, 0.05) is 16.0 Å². The average molecular weight is 526 g/mol. The molecule has 1 saturated carbocycles. The Bertz CT molecular complexity index is 1090. The number of hydrazone groups is 1. The Kier molecular flexibility index (Phi) is 7.74. The number of benzene rings is 2. The molecule has 3 amide bonds. The van der Waals surface area contributed by atoms with Gasteiger partial charge in [0.15, 0.2) is 0 Å². The number of hydrogen-bond donors (Lipinski definition) is 4. The number of rotatable bonds is 6. The van der Waals surface area contributed by atoms with E-state index < -0.39 is 18.0 Å². The molecular weight excluding hydrogens is 498 g/mol. The minimum Gasteiger partial charge on any atom is -0.339 e. The number of amides is 3. The fraction of sp³-hybridized carbons (Fsp3) is 0.360. The summed E-state index contributed by atoms with van der Waals surface area (Å²) in [5, 5.41) is 7.16. The highest BCUT2D eigenvalue weighted by molar-refractivity contribution is 9.10. The van der Waals surface area contributed by atoms with Crippen LogP contribution in [-0.2, 0) is 9.59 Å². The van der Waals surface area contributed by atoms with Crippen LogP contribution in [0.3, 0.4) is 0 Å². The molecule has 0 bridgehead atoms. The van der Waals surface area contributed by atoms with Crippen LogP contribution in [-0.4, -0.2) is 35.5 Å². The Hall–Kier alpha value is -3.04. The topological polar surface area (TPSA) is 112 Å². The van der Waals surface area contributed by atoms with Gasteiger partial charge in [0.1, 0.15) is 6.04 Å². The second kappa shape index (κ2) is 10.9. The largest absolute Gasteiger partial charge is 0.339 e. The van der Waals surface area contributed by atoms with Crippen molar-refractivity contribution in [2.24, 2.45) is 16.9 Å². The molecule has 8 nitrogen and oxygen atoms in total. The van der Waals surface area contributed by atoms with Gasteiger partial charge in [-0.15, -0.1) is 0 Å². The van der Waals surface area contributed by atoms with Crippen LogP contribution < -0.4 is 21.6 Å². The van der Waals surface area contributed by atoms with Gasteiger partial charge in [-0.25, -0.2) is 10.9 Å². The van der Waals surface area contributed by atoms with Gasteiger partial charge in [-0.1, -0.05) is 59.1 Å². The summed E-state index contributed by atoms with van der Waals surface area (Å²) in [6.45, 7) is 1.80. The second-order valence-electron chi connectivity index (χ2n) is 8.71. The van der Waals surface area contributed by atoms with Crippen LogP contribution in [0.4, 0.5) is 0 Å². The first-order valence-electron chi connectivity index (χ1n) is 11.5. The normalized spacial score (nSPS) is 23.3. The maximum Gasteiger partial charge on any atom is 0.264 e. The molecule has 9 heteroatoms. The maximum atomic E-state index is 13.4. The van der Waals surface area contributed by atoms with Gasteiger partial charge >= 0.3 is 0 Å². The number of nitrogens with one attached hydrogen (secondary N) is 4. The minimum absolute atomic E-state index is 0.0574. The number of hydrogen-bond acceptors (Lipinski definition) is 5. The Morgan fingerprint density at radius 2 is 1.79 bits per heavy atom. The molecule has 2 aliphatic rings. The van der Waals surface area contributed by atoms with Crippen LogP contribution in [0, 0.1) is 11.8 Å². The van der Waals surface area contributed by atoms with Crippen LogP contribution >= 0.6 is 15.9 Å². The lowest BCUT2D eigenvalue weighted by Gasteiger charge is -2.43. The van der Waals surface area contributed by atoms with Crippen LogP contribution in [0.2, 0.25) is 0 Å². The number of nitrogens with zero attached hydrogens (tertiary/aromatic N) is 1. The molecule has 0 radical (unpaired) electrons. The molecule has 2 aromatic carbocycles. The van der Waals surface area contributed by atoms with E-state index in [2.05, 4.69) is 42.6 Å². The van der Waals surface area contributed by atoms with E-state index in [9.17, 15) is 14.4 Å². The van der Waals surface area contributed by atoms with Crippen molar-refractivity contribution in [3.8, 4) is 0 Å². The van der Waals surface area contributed by atoms with Gasteiger partial charge in [-0.05, 0) is 55.5 Å². The third-order valence-corrected chi connectivity index (χ3v) is 7.01. The molecule has 2 fully saturated rings. The monoisotopic (exact) mass is 525 g/mol. The smallest absolute Gasteiger partial charge is 0.264 e. The SMILES string of the molecule is C/C(=N\NC(=O)C(NC(=O)c1ccccc1)C1NNC(=O)C2CCCCC21)c1cccc(Br)c1. The van der Waals surface area contributed by atoms with Gasteiger partial charge in [0.2, 0.25) is 5.91 Å². The molecular formula is C25H28BrN5O3. The molecule has 1 aliphatic heterocycles. The van der Waals surface area contributed by atoms with Crippen LogP contribution in [0.1, 0.15) is 48.5 Å². The fourth-order valence-electron chi connectivity index (χ4n) is 4.72. The summed E-state index contributed by atoms with van der Waals surface area (Å²) in [7, 11) is 0. The van der Waals surface area contributed by atoms with Crippen molar-refractivity contribution < 1.29 is 14.4 Å². The summed E-state index contributed by atoms with van der Waals surface area (Å²) in [5.74, 6) is -1.12. The maximum absolute atomic E-state index is 13.4. The van der Waals surface area contributed by atoms with E-state index in [0.29, 0.717) is 11.3 Å². The van der Waals surface area contributed by atoms with Crippen molar-refractivity contribution in [3.63, 3.8) is 0 Å². The predicted octanol–water partition coefficient (Wildman–Crippen LogP) is 2.90. The Morgan fingerprint density at radius 3 is 2.56 bits per heavy atom. The van der Waals surface area contributed by atoms with Crippen molar-refractivity contribution in [1.82, 2.24) is 21.6 Å². The summed E-state index contributed by atoms with van der Waals surface area (Å²) in [6.07, 6.45) is 3.54. The van der Waals surface area contributed by atoms with E-state index in [1.807, 2.05) is 30.3 Å². The Balaban J connectivity index is 1.57. The van der Waals surface area contributed by atoms with E-state index >= 15 is 0 Å². The predicted molar refractivity (Wildman–Crippen MR) is 133 cm³/mol. The minimum atomic E-state index is -0.932. The van der Waals surface area contributed by atoms with E-state index in [0.717, 1.165) is 35.7 Å². The first-order valence-corrected chi connectivity index (χ1v) is 12.2. The Labute approximate surface area is 207 Å². The van der Waals surface area contributed by atoms with E-state index in [1.165, 1.54) is 0 Å². The summed E-state index contributed by atoms with van der Waals surface area (Å²) in [5.41, 5.74) is 10.3. The zero-order valence-electron chi connectivity index (χ0n) is 18.9. The summed E-state index contributed by atoms with van der Waals surface area (Å²) in [4.78, 5) is 38.8. The molecule has 0 spiro atoms.